The monoisotopic (exact) mass is 281 g/mol. The van der Waals surface area contributed by atoms with Gasteiger partial charge >= 0.3 is 0 Å². The van der Waals surface area contributed by atoms with Gasteiger partial charge in [0.25, 0.3) is 0 Å². The molecule has 0 amide bonds. The second kappa shape index (κ2) is 9.11. The van der Waals surface area contributed by atoms with Crippen molar-refractivity contribution < 1.29 is 0 Å². The third-order valence-electron chi connectivity index (χ3n) is 5.02. The Bertz CT molecular complexity index is 225. The number of rotatable bonds is 9. The Morgan fingerprint density at radius 2 is 1.25 bits per heavy atom. The highest BCUT2D eigenvalue weighted by Gasteiger charge is 2.31. The number of hydrogen-bond acceptors (Lipinski definition) is 0. The summed E-state index contributed by atoms with van der Waals surface area (Å²) in [5, 5.41) is 0. The van der Waals surface area contributed by atoms with Gasteiger partial charge in [-0.3, -0.25) is 0 Å². The predicted octanol–water partition coefficient (Wildman–Crippen LogP) is 7.29. The van der Waals surface area contributed by atoms with Crippen LogP contribution < -0.4 is 0 Å². The lowest BCUT2D eigenvalue weighted by Crippen LogP contribution is -2.28. The Morgan fingerprint density at radius 1 is 0.750 bits per heavy atom. The largest absolute Gasteiger partial charge is 0.0654 e. The average molecular weight is 282 g/mol. The molecular weight excluding hydrogens is 240 g/mol. The van der Waals surface area contributed by atoms with E-state index < -0.39 is 0 Å². The summed E-state index contributed by atoms with van der Waals surface area (Å²) >= 11 is 0. The molecule has 1 radical (unpaired) electrons. The molecule has 0 spiro atoms. The third kappa shape index (κ3) is 8.32. The van der Waals surface area contributed by atoms with Crippen LogP contribution in [0.4, 0.5) is 0 Å². The van der Waals surface area contributed by atoms with Crippen LogP contribution in [0.1, 0.15) is 99.8 Å². The molecule has 0 aromatic rings. The number of unbranched alkanes of at least 4 members (excludes halogenated alkanes) is 4. The SMILES string of the molecule is [CH2]CC(CC(CCCCCCC)C(C)(C)C)C(C)(C)C. The van der Waals surface area contributed by atoms with Crippen LogP contribution >= 0.6 is 0 Å². The molecule has 0 heteroatoms. The molecule has 0 heterocycles. The van der Waals surface area contributed by atoms with Crippen molar-refractivity contribution in [3.63, 3.8) is 0 Å². The molecule has 0 aromatic carbocycles. The zero-order valence-electron chi connectivity index (χ0n) is 15.5. The van der Waals surface area contributed by atoms with E-state index in [1.54, 1.807) is 0 Å². The van der Waals surface area contributed by atoms with Gasteiger partial charge in [-0.25, -0.2) is 0 Å². The molecule has 2 unspecified atom stereocenters. The summed E-state index contributed by atoms with van der Waals surface area (Å²) in [7, 11) is 0. The second-order valence-electron chi connectivity index (χ2n) is 8.85. The molecule has 0 rings (SSSR count). The molecule has 0 N–H and O–H groups in total. The molecule has 0 nitrogen and oxygen atoms in total. The van der Waals surface area contributed by atoms with Gasteiger partial charge in [0.15, 0.2) is 0 Å². The molecule has 2 atom stereocenters. The first-order valence-electron chi connectivity index (χ1n) is 8.92. The van der Waals surface area contributed by atoms with Crippen molar-refractivity contribution in [2.75, 3.05) is 0 Å². The van der Waals surface area contributed by atoms with Crippen LogP contribution in [-0.4, -0.2) is 0 Å². The van der Waals surface area contributed by atoms with Gasteiger partial charge in [0, 0.05) is 0 Å². The van der Waals surface area contributed by atoms with Crippen molar-refractivity contribution in [3.8, 4) is 0 Å². The van der Waals surface area contributed by atoms with E-state index in [1.807, 2.05) is 0 Å². The van der Waals surface area contributed by atoms with E-state index in [0.29, 0.717) is 10.8 Å². The van der Waals surface area contributed by atoms with Crippen LogP contribution in [-0.2, 0) is 0 Å². The maximum Gasteiger partial charge on any atom is -0.0354 e. The first-order chi connectivity index (χ1) is 9.12. The molecule has 0 saturated heterocycles. The highest BCUT2D eigenvalue weighted by molar-refractivity contribution is 4.82. The van der Waals surface area contributed by atoms with Crippen LogP contribution in [0.3, 0.4) is 0 Å². The topological polar surface area (TPSA) is 0 Å². The fourth-order valence-corrected chi connectivity index (χ4v) is 3.15. The molecule has 0 saturated carbocycles. The van der Waals surface area contributed by atoms with E-state index in [1.165, 1.54) is 44.9 Å². The van der Waals surface area contributed by atoms with Gasteiger partial charge in [0.05, 0.1) is 0 Å². The maximum absolute atomic E-state index is 4.21. The van der Waals surface area contributed by atoms with Crippen LogP contribution in [0.2, 0.25) is 0 Å². The molecular formula is C20H41. The quantitative estimate of drug-likeness (QED) is 0.389. The van der Waals surface area contributed by atoms with Gasteiger partial charge in [-0.2, -0.15) is 0 Å². The minimum atomic E-state index is 0.396. The summed E-state index contributed by atoms with van der Waals surface area (Å²) in [6.07, 6.45) is 10.8. The fourth-order valence-electron chi connectivity index (χ4n) is 3.15. The zero-order chi connectivity index (χ0) is 15.8. The van der Waals surface area contributed by atoms with Gasteiger partial charge in [-0.1, -0.05) is 87.5 Å². The maximum atomic E-state index is 4.21. The van der Waals surface area contributed by atoms with Gasteiger partial charge in [0.1, 0.15) is 0 Å². The molecule has 0 aliphatic carbocycles. The van der Waals surface area contributed by atoms with Crippen molar-refractivity contribution in [3.05, 3.63) is 6.92 Å². The average Bonchev–Trinajstić information content (AvgIpc) is 2.29. The zero-order valence-corrected chi connectivity index (χ0v) is 15.5. The van der Waals surface area contributed by atoms with Crippen LogP contribution in [0, 0.1) is 29.6 Å². The van der Waals surface area contributed by atoms with Crippen molar-refractivity contribution in [2.24, 2.45) is 22.7 Å². The minimum Gasteiger partial charge on any atom is -0.0654 e. The summed E-state index contributed by atoms with van der Waals surface area (Å²) in [6, 6.07) is 0. The summed E-state index contributed by atoms with van der Waals surface area (Å²) in [4.78, 5) is 0. The predicted molar refractivity (Wildman–Crippen MR) is 93.9 cm³/mol. The van der Waals surface area contributed by atoms with Gasteiger partial charge in [-0.05, 0) is 41.9 Å². The van der Waals surface area contributed by atoms with E-state index in [-0.39, 0.29) is 0 Å². The second-order valence-corrected chi connectivity index (χ2v) is 8.85. The highest BCUT2D eigenvalue weighted by atomic mass is 14.4. The van der Waals surface area contributed by atoms with E-state index in [9.17, 15) is 0 Å². The normalized spacial score (nSPS) is 16.2. The first kappa shape index (κ1) is 20.0. The lowest BCUT2D eigenvalue weighted by atomic mass is 9.67. The van der Waals surface area contributed by atoms with Crippen molar-refractivity contribution >= 4 is 0 Å². The number of hydrogen-bond donors (Lipinski definition) is 0. The Kier molecular flexibility index (Phi) is 9.11. The third-order valence-corrected chi connectivity index (χ3v) is 5.02. The van der Waals surface area contributed by atoms with Crippen molar-refractivity contribution in [1.29, 1.82) is 0 Å². The van der Waals surface area contributed by atoms with Crippen LogP contribution in [0.25, 0.3) is 0 Å². The minimum absolute atomic E-state index is 0.396. The first-order valence-corrected chi connectivity index (χ1v) is 8.92. The summed E-state index contributed by atoms with van der Waals surface area (Å²) in [5.74, 6) is 1.59. The van der Waals surface area contributed by atoms with Gasteiger partial charge < -0.3 is 0 Å². The molecule has 20 heavy (non-hydrogen) atoms. The van der Waals surface area contributed by atoms with Crippen LogP contribution in [0.15, 0.2) is 0 Å². The Hall–Kier alpha value is 0. The van der Waals surface area contributed by atoms with Crippen molar-refractivity contribution in [2.45, 2.75) is 99.8 Å². The smallest absolute Gasteiger partial charge is 0.0354 e. The highest BCUT2D eigenvalue weighted by Crippen LogP contribution is 2.41. The molecule has 0 aliphatic rings. The molecule has 0 aromatic heterocycles. The standard InChI is InChI=1S/C20H41/c1-9-11-12-13-14-15-18(20(6,7)8)16-17(10-2)19(3,4)5/h17-18H,2,9-16H2,1,3-8H3. The summed E-state index contributed by atoms with van der Waals surface area (Å²) in [6.45, 7) is 20.9. The lowest BCUT2D eigenvalue weighted by molar-refractivity contribution is 0.125. The molecule has 0 bridgehead atoms. The van der Waals surface area contributed by atoms with E-state index in [4.69, 9.17) is 0 Å². The molecule has 121 valence electrons. The van der Waals surface area contributed by atoms with E-state index >= 15 is 0 Å². The van der Waals surface area contributed by atoms with E-state index in [2.05, 4.69) is 55.4 Å². The summed E-state index contributed by atoms with van der Waals surface area (Å²) < 4.78 is 0. The van der Waals surface area contributed by atoms with E-state index in [0.717, 1.165) is 18.3 Å². The lowest BCUT2D eigenvalue weighted by Gasteiger charge is -2.38. The Balaban J connectivity index is 4.43. The summed E-state index contributed by atoms with van der Waals surface area (Å²) in [5.41, 5.74) is 0.830. The van der Waals surface area contributed by atoms with Gasteiger partial charge in [-0.15, -0.1) is 0 Å². The van der Waals surface area contributed by atoms with Gasteiger partial charge in [0.2, 0.25) is 0 Å². The molecule has 0 fully saturated rings. The molecule has 0 aliphatic heterocycles. The van der Waals surface area contributed by atoms with Crippen LogP contribution in [0.5, 0.6) is 0 Å². The fraction of sp³-hybridized carbons (Fsp3) is 0.950. The Morgan fingerprint density at radius 3 is 1.65 bits per heavy atom. The Labute approximate surface area is 130 Å². The van der Waals surface area contributed by atoms with Crippen molar-refractivity contribution in [1.82, 2.24) is 0 Å².